The number of benzene rings is 5. The van der Waals surface area contributed by atoms with E-state index in [9.17, 15) is 74.3 Å². The van der Waals surface area contributed by atoms with E-state index in [-0.39, 0.29) is 172 Å². The summed E-state index contributed by atoms with van der Waals surface area (Å²) in [6, 6.07) is 26.5. The van der Waals surface area contributed by atoms with Crippen molar-refractivity contribution in [2.45, 2.75) is 42.7 Å². The molecule has 0 aromatic heterocycles. The van der Waals surface area contributed by atoms with Gasteiger partial charge in [0.25, 0.3) is 16.6 Å². The molecule has 0 spiro atoms. The monoisotopic (exact) mass is 1820 g/mol. The molecule has 0 amide bonds. The van der Waals surface area contributed by atoms with Gasteiger partial charge in [-0.1, -0.05) is 114 Å². The van der Waals surface area contributed by atoms with Crippen molar-refractivity contribution in [1.82, 2.24) is 0 Å². The number of ether oxygens (including phenoxy) is 6. The summed E-state index contributed by atoms with van der Waals surface area (Å²) < 4.78 is 354. The van der Waals surface area contributed by atoms with Gasteiger partial charge in [-0.3, -0.25) is 8.98 Å². The number of hydrogen-bond donors (Lipinski definition) is 3. The second kappa shape index (κ2) is 62.2. The molecule has 0 aliphatic heterocycles. The molecule has 43 heteroatoms. The van der Waals surface area contributed by atoms with E-state index >= 15 is 0 Å². The van der Waals surface area contributed by atoms with E-state index in [0.29, 0.717) is 11.3 Å². The molecule has 0 atom stereocenters. The van der Waals surface area contributed by atoms with Crippen molar-refractivity contribution in [3.63, 3.8) is 0 Å². The number of rotatable bonds is 16. The molecule has 91 heavy (non-hydrogen) atoms. The van der Waals surface area contributed by atoms with Crippen molar-refractivity contribution < 1.29 is 307 Å². The van der Waals surface area contributed by atoms with Gasteiger partial charge in [0.15, 0.2) is 72.2 Å². The second-order valence-corrected chi connectivity index (χ2v) is 22.0. The summed E-state index contributed by atoms with van der Waals surface area (Å²) in [5.41, 5.74) is 0.702. The van der Waals surface area contributed by atoms with Crippen molar-refractivity contribution in [3.8, 4) is 46.0 Å². The predicted octanol–water partition coefficient (Wildman–Crippen LogP) is 5.07. The first-order valence-electron chi connectivity index (χ1n) is 29.5. The molecule has 508 valence electrons. The number of methoxy groups -OCH3 is 2. The fraction of sp³-hybridized carbons (Fsp3) is 0.354. The molecule has 6 N–H and O–H groups in total. The fourth-order valence-electron chi connectivity index (χ4n) is 3.76. The molecule has 0 radical (unpaired) electrons. The molecule has 5 aromatic rings. The van der Waals surface area contributed by atoms with Gasteiger partial charge < -0.3 is 66.3 Å². The van der Waals surface area contributed by atoms with Gasteiger partial charge in [0.05, 0.1) is 42.1 Å². The van der Waals surface area contributed by atoms with Crippen LogP contribution in [0, 0.1) is 6.92 Å². The molecule has 0 aliphatic rings. The smallest absolute Gasteiger partial charge is 1.00 e. The zero-order valence-corrected chi connectivity index (χ0v) is 64.8. The zero-order chi connectivity index (χ0) is 83.4. The van der Waals surface area contributed by atoms with Crippen molar-refractivity contribution in [2.24, 2.45) is 0 Å². The van der Waals surface area contributed by atoms with Gasteiger partial charge in [0, 0.05) is 24.1 Å². The first-order valence-corrected chi connectivity index (χ1v) is 27.0. The Morgan fingerprint density at radius 1 is 0.538 bits per heavy atom. The number of aliphatic hydroxyl groups is 1. The number of carbonyl (C=O) groups excluding carboxylic acids is 1. The SMILES string of the molecule is BrB(Br)Br.COc1ccccc1O.O.O=CO[O-].[2H]C([2H])(Br)C([2H])([2H])Br.[2H]C([2H])(Br)C([2H])([2H])Oc1ccccc1OC([2H])([2H])C(F)(F)F.[2H]C([2H])(O)C(F)(F)F.[2H]C([2H])(OS(=O)(=O)c1ccc(C)cc1)C(F)(F)F.[2H]C([2H])(Oc1ccccc1O)C(F)(F)F.[2H]C([2H])(Oc1ccccc1OC)C(F)(F)F.[H-].[K+].[K+].[Na+].[OH-]. The number of phenolic OH excluding ortho intramolecular Hbond substituents is 2. The minimum atomic E-state index is -5.44. The summed E-state index contributed by atoms with van der Waals surface area (Å²) in [6.45, 7) is -21.4. The molecule has 5 rings (SSSR count). The summed E-state index contributed by atoms with van der Waals surface area (Å²) in [4.78, 5) is 10.7. The average molecular weight is 1830 g/mol. The van der Waals surface area contributed by atoms with Crippen LogP contribution >= 0.6 is 95.1 Å². The number of alkyl halides is 18. The first kappa shape index (κ1) is 73.6. The largest absolute Gasteiger partial charge is 1.00 e. The van der Waals surface area contributed by atoms with Gasteiger partial charge in [0.1, 0.15) is 6.56 Å². The number of aryl methyl sites for hydroxylation is 1. The van der Waals surface area contributed by atoms with E-state index in [2.05, 4.69) is 118 Å². The molecule has 0 saturated carbocycles. The van der Waals surface area contributed by atoms with Gasteiger partial charge in [0.2, 0.25) is 0 Å². The number of phenols is 2. The Morgan fingerprint density at radius 2 is 0.813 bits per heavy atom. The number of para-hydroxylation sites is 8. The van der Waals surface area contributed by atoms with Gasteiger partial charge in [-0.05, 0) is 67.6 Å². The molecule has 0 bridgehead atoms. The van der Waals surface area contributed by atoms with Crippen LogP contribution in [0.4, 0.5) is 65.9 Å². The van der Waals surface area contributed by atoms with Crippen LogP contribution in [-0.2, 0) is 24.0 Å². The standard InChI is InChI=1S/C10H10BrF3O2.C9H9F3O3S.C9H9F3O2.C8H7F3O2.C7H8O2.C2H4Br2.C2H3F3O.CH2O3.BBr3.2K.Na.2H2O.H/c11-5-6-15-8-3-1-2-4-9(8)16-7-10(12,13)14;1-7-2-4-8(5-3-7)16(13,14)15-6-9(10,11)12;1-13-7-4-2-3-5-8(7)14-6-9(10,11)12;9-8(10,11)5-13-7-4-2-1-3-6(7)12;1-9-7-5-3-2-4-6(7)8;3-1-2-4;3-2(4,5)1-6;2-1-4-3;2-1(3)4;;;;;;/h1-4H,5-7H2;2-5H,6H2,1H3;2-5H,6H2,1H3;1-4,12H,5H2;2-5,8H,1H3;1-2H2;6H,1H2;1,3H;;;;;2*1H2;/q;;;;;;;;;3*+1;;;-1/p-2/i5D2,6D2,7D2;2*6D2;5D2;;1D2,2D2;1D2;;;;;;;;. The van der Waals surface area contributed by atoms with Crippen molar-refractivity contribution in [3.05, 3.63) is 127 Å². The van der Waals surface area contributed by atoms with Crippen molar-refractivity contribution >= 4 is 115 Å². The van der Waals surface area contributed by atoms with Crippen LogP contribution in [0.5, 0.6) is 46.0 Å². The third-order valence-electron chi connectivity index (χ3n) is 6.68. The Kier molecular flexibility index (Phi) is 50.3. The van der Waals surface area contributed by atoms with E-state index in [1.54, 1.807) is 31.2 Å². The summed E-state index contributed by atoms with van der Waals surface area (Å²) in [7, 11) is -2.03. The molecule has 0 unspecified atom stereocenters. The quantitative estimate of drug-likeness (QED) is 0.0221. The van der Waals surface area contributed by atoms with Crippen LogP contribution < -0.4 is 166 Å². The molecule has 17 nitrogen and oxygen atoms in total. The zero-order valence-electron chi connectivity index (χ0n) is 65.2. The third kappa shape index (κ3) is 72.5. The number of aromatic hydroxyl groups is 2. The summed E-state index contributed by atoms with van der Waals surface area (Å²) in [5, 5.41) is 27.4. The minimum absolute atomic E-state index is 0. The number of carbonyl (C=O) groups is 1. The fourth-order valence-corrected chi connectivity index (χ4v) is 4.61. The number of halogens is 21. The van der Waals surface area contributed by atoms with Crippen LogP contribution in [0.2, 0.25) is 0 Å². The molecule has 0 heterocycles. The van der Waals surface area contributed by atoms with Crippen LogP contribution in [0.1, 0.15) is 31.7 Å². The van der Waals surface area contributed by atoms with E-state index in [1.807, 2.05) is 0 Å². The summed E-state index contributed by atoms with van der Waals surface area (Å²) >= 11 is 16.7. The maximum atomic E-state index is 12.5. The Hall–Kier alpha value is -0.112. The van der Waals surface area contributed by atoms with Crippen molar-refractivity contribution in [1.29, 1.82) is 0 Å². The van der Waals surface area contributed by atoms with Crippen LogP contribution in [0.3, 0.4) is 0 Å². The predicted molar refractivity (Wildman–Crippen MR) is 314 cm³/mol. The van der Waals surface area contributed by atoms with E-state index in [1.165, 1.54) is 74.9 Å². The first-order chi connectivity index (χ1) is 46.1. The second-order valence-electron chi connectivity index (χ2n) is 12.8. The summed E-state index contributed by atoms with van der Waals surface area (Å²) in [5.74, 6) is -1.97. The number of hydrogen-bond acceptors (Lipinski definition) is 16. The van der Waals surface area contributed by atoms with Crippen LogP contribution in [-0.4, -0.2) is 145 Å². The van der Waals surface area contributed by atoms with E-state index in [4.69, 9.17) is 64.3 Å². The van der Waals surface area contributed by atoms with Crippen molar-refractivity contribution in [2.75, 3.05) is 69.4 Å². The van der Waals surface area contributed by atoms with Gasteiger partial charge in [-0.2, -0.15) is 74.3 Å². The molecule has 0 saturated heterocycles. The topological polar surface area (TPSA) is 270 Å². The third-order valence-corrected chi connectivity index (χ3v) is 8.92. The van der Waals surface area contributed by atoms with Crippen LogP contribution in [0.15, 0.2) is 126 Å². The Labute approximate surface area is 697 Å². The molecular formula is C48H55BBr6F15K2NaO17S. The maximum Gasteiger partial charge on any atom is 1.00 e. The normalized spacial score (nSPS) is 14.4. The minimum Gasteiger partial charge on any atom is -1.00 e. The molecule has 0 aliphatic carbocycles. The summed E-state index contributed by atoms with van der Waals surface area (Å²) in [6.07, 6.45) is -26.2. The van der Waals surface area contributed by atoms with Crippen LogP contribution in [0.25, 0.3) is 0 Å². The maximum absolute atomic E-state index is 12.5. The average Bonchev–Trinajstić information content (AvgIpc) is 0.801. The Morgan fingerprint density at radius 3 is 1.08 bits per heavy atom. The Bertz CT molecular complexity index is 3380. The molecular weight excluding hydrogens is 1760 g/mol. The van der Waals surface area contributed by atoms with E-state index in [0.717, 1.165) is 36.4 Å². The van der Waals surface area contributed by atoms with Gasteiger partial charge in [-0.15, -0.1) is 47.3 Å². The van der Waals surface area contributed by atoms with E-state index < -0.39 is 124 Å². The van der Waals surface area contributed by atoms with Gasteiger partial charge in [-0.25, -0.2) is 0 Å². The molecule has 0 fully saturated rings. The molecule has 5 aromatic carbocycles. The van der Waals surface area contributed by atoms with Gasteiger partial charge >= 0.3 is 166 Å². The Balaban J connectivity index is -0.000000132.